The van der Waals surface area contributed by atoms with Gasteiger partial charge < -0.3 is 0 Å². The van der Waals surface area contributed by atoms with Gasteiger partial charge in [-0.1, -0.05) is 455 Å². The number of benzene rings is 21. The van der Waals surface area contributed by atoms with Crippen molar-refractivity contribution in [3.63, 3.8) is 0 Å². The third-order valence-electron chi connectivity index (χ3n) is 28.7. The Morgan fingerprint density at radius 3 is 0.479 bits per heavy atom. The van der Waals surface area contributed by atoms with E-state index in [-0.39, 0.29) is 0 Å². The Morgan fingerprint density at radius 1 is 0.0929 bits per heavy atom. The van der Waals surface area contributed by atoms with E-state index in [1.54, 1.807) is 0 Å². The summed E-state index contributed by atoms with van der Waals surface area (Å²) in [7, 11) is 0. The number of fused-ring (bicyclic) bond motifs is 24. The number of nitrogens with zero attached hydrogens (tertiary/aromatic N) is 6. The van der Waals surface area contributed by atoms with Gasteiger partial charge in [-0.25, -0.2) is 29.9 Å². The summed E-state index contributed by atoms with van der Waals surface area (Å²) in [4.78, 5) is 32.5. The van der Waals surface area contributed by atoms with Gasteiger partial charge in [-0.3, -0.25) is 0 Å². The second-order valence-corrected chi connectivity index (χ2v) is 36.5. The maximum absolute atomic E-state index is 5.51. The Bertz CT molecular complexity index is 8310. The van der Waals surface area contributed by atoms with Gasteiger partial charge in [-0.2, -0.15) is 0 Å². The molecule has 2 heterocycles. The molecular weight excluding hydrogens is 1690 g/mol. The molecule has 0 saturated carbocycles. The van der Waals surface area contributed by atoms with Gasteiger partial charge in [0.1, 0.15) is 0 Å². The highest BCUT2D eigenvalue weighted by molar-refractivity contribution is 6.01. The Hall–Kier alpha value is -18.4. The summed E-state index contributed by atoms with van der Waals surface area (Å²) in [6, 6.07) is 188. The topological polar surface area (TPSA) is 77.3 Å². The minimum absolute atomic E-state index is 0.571. The highest BCUT2D eigenvalue weighted by Gasteiger charge is 2.52. The lowest BCUT2D eigenvalue weighted by atomic mass is 9.66. The van der Waals surface area contributed by atoms with E-state index in [1.165, 1.54) is 111 Å². The molecule has 0 radical (unpaired) electrons. The zero-order valence-corrected chi connectivity index (χ0v) is 76.3. The molecule has 0 N–H and O–H groups in total. The third-order valence-corrected chi connectivity index (χ3v) is 28.7. The molecule has 21 aromatic carbocycles. The maximum atomic E-state index is 5.51. The van der Waals surface area contributed by atoms with Crippen molar-refractivity contribution in [2.75, 3.05) is 0 Å². The van der Waals surface area contributed by atoms with Gasteiger partial charge in [-0.15, -0.1) is 0 Å². The number of rotatable bonds is 13. The van der Waals surface area contributed by atoms with Crippen LogP contribution in [-0.2, 0) is 10.8 Å². The fourth-order valence-electron chi connectivity index (χ4n) is 22.4. The highest BCUT2D eigenvalue weighted by Crippen LogP contribution is 2.64. The van der Waals surface area contributed by atoms with E-state index in [1.807, 2.05) is 6.07 Å². The third kappa shape index (κ3) is 14.1. The molecule has 0 fully saturated rings. The van der Waals surface area contributed by atoms with Gasteiger partial charge in [0.25, 0.3) is 0 Å². The van der Waals surface area contributed by atoms with E-state index in [0.29, 0.717) is 34.9 Å². The molecule has 140 heavy (non-hydrogen) atoms. The predicted octanol–water partition coefficient (Wildman–Crippen LogP) is 33.4. The molecule has 0 amide bonds. The van der Waals surface area contributed by atoms with Crippen molar-refractivity contribution in [3.8, 4) is 213 Å². The smallest absolute Gasteiger partial charge is 0.164 e. The molecular formula is C134H86N6. The van der Waals surface area contributed by atoms with Crippen LogP contribution in [0.1, 0.15) is 44.5 Å². The quantitative estimate of drug-likeness (QED) is 0.114. The molecule has 27 rings (SSSR count). The van der Waals surface area contributed by atoms with Crippen molar-refractivity contribution in [1.82, 2.24) is 29.9 Å². The number of aromatic nitrogens is 6. The molecule has 0 atom stereocenters. The van der Waals surface area contributed by atoms with E-state index in [4.69, 9.17) is 29.9 Å². The van der Waals surface area contributed by atoms with Crippen LogP contribution in [0.25, 0.3) is 213 Å². The molecule has 652 valence electrons. The summed E-state index contributed by atoms with van der Waals surface area (Å²) in [5, 5.41) is 0. The van der Waals surface area contributed by atoms with Crippen LogP contribution in [0.15, 0.2) is 522 Å². The zero-order chi connectivity index (χ0) is 92.6. The molecule has 23 aromatic rings. The van der Waals surface area contributed by atoms with Gasteiger partial charge >= 0.3 is 0 Å². The molecule has 4 aliphatic rings. The average Bonchev–Trinajstić information content (AvgIpc) is 1.52. The van der Waals surface area contributed by atoms with Crippen molar-refractivity contribution < 1.29 is 0 Å². The molecule has 0 bridgehead atoms. The van der Waals surface area contributed by atoms with Crippen molar-refractivity contribution in [1.29, 1.82) is 0 Å². The molecule has 2 spiro atoms. The summed E-state index contributed by atoms with van der Waals surface area (Å²) in [5.74, 6) is 3.66. The average molecular weight is 1780 g/mol. The van der Waals surface area contributed by atoms with Gasteiger partial charge in [0.15, 0.2) is 34.9 Å². The molecule has 6 heteroatoms. The first-order valence-corrected chi connectivity index (χ1v) is 47.9. The van der Waals surface area contributed by atoms with Crippen molar-refractivity contribution in [2.24, 2.45) is 0 Å². The fourth-order valence-corrected chi connectivity index (χ4v) is 22.4. The molecule has 2 aromatic heterocycles. The van der Waals surface area contributed by atoms with Crippen molar-refractivity contribution >= 4 is 0 Å². The van der Waals surface area contributed by atoms with Gasteiger partial charge in [0.05, 0.1) is 10.8 Å². The predicted molar refractivity (Wildman–Crippen MR) is 574 cm³/mol. The summed E-state index contributed by atoms with van der Waals surface area (Å²) < 4.78 is 0. The van der Waals surface area contributed by atoms with E-state index in [9.17, 15) is 0 Å². The Balaban J connectivity index is 0.000000145. The van der Waals surface area contributed by atoms with Crippen molar-refractivity contribution in [3.05, 3.63) is 566 Å². The standard InChI is InChI=1S/C70H45N3.C64H41N3/c1-5-21-46(22-6-1)51-39-52(47-23-7-2-8-24-47)42-55(41-51)68-71-67(72-69(73-68)56-43-53(48-25-9-3-10-26-48)40-54(44-56)49-27-11-4-12-28-49)50-37-38-66-62(45-50)61-33-17-20-36-65(61)70(66)63-34-18-15-31-59(63)57-29-13-14-30-58(57)60-32-16-19-35-64(60)70;1-4-18-42(19-5-1)45-32-34-46(35-33-45)61-65-62(67-63(66-61)50-39-48(43-20-6-2-7-21-43)38-49(40-50)44-22-8-3-9-23-44)47-36-37-60-56(41-47)55-28-14-17-31-59(55)64(60)57-29-15-12-26-53(57)51-24-10-11-25-52(51)54-27-13-16-30-58(54)64/h1-45H;1-41H. The first-order valence-electron chi connectivity index (χ1n) is 47.9. The van der Waals surface area contributed by atoms with E-state index in [2.05, 4.69) is 516 Å². The minimum atomic E-state index is -0.594. The Kier molecular flexibility index (Phi) is 20.3. The van der Waals surface area contributed by atoms with Crippen LogP contribution in [0.4, 0.5) is 0 Å². The summed E-state index contributed by atoms with van der Waals surface area (Å²) in [6.07, 6.45) is 0. The maximum Gasteiger partial charge on any atom is 0.164 e. The summed E-state index contributed by atoms with van der Waals surface area (Å²) >= 11 is 0. The largest absolute Gasteiger partial charge is 0.208 e. The first-order chi connectivity index (χ1) is 69.4. The highest BCUT2D eigenvalue weighted by atomic mass is 15.0. The monoisotopic (exact) mass is 1780 g/mol. The van der Waals surface area contributed by atoms with Gasteiger partial charge in [0, 0.05) is 33.4 Å². The molecule has 0 unspecified atom stereocenters. The Morgan fingerprint density at radius 2 is 0.243 bits per heavy atom. The molecule has 4 aliphatic carbocycles. The zero-order valence-electron chi connectivity index (χ0n) is 76.3. The molecule has 6 nitrogen and oxygen atoms in total. The fraction of sp³-hybridized carbons (Fsp3) is 0.0149. The number of hydrogen-bond acceptors (Lipinski definition) is 6. The van der Waals surface area contributed by atoms with E-state index < -0.39 is 10.8 Å². The summed E-state index contributed by atoms with van der Waals surface area (Å²) in [5.41, 5.74) is 44.8. The van der Waals surface area contributed by atoms with Crippen LogP contribution >= 0.6 is 0 Å². The van der Waals surface area contributed by atoms with Crippen molar-refractivity contribution in [2.45, 2.75) is 10.8 Å². The lowest BCUT2D eigenvalue weighted by molar-refractivity contribution is 0.775. The second kappa shape index (κ2) is 34.5. The van der Waals surface area contributed by atoms with Gasteiger partial charge in [-0.05, 0) is 256 Å². The minimum Gasteiger partial charge on any atom is -0.208 e. The Labute approximate surface area is 814 Å². The lowest BCUT2D eigenvalue weighted by Gasteiger charge is -2.35. The molecule has 0 aliphatic heterocycles. The van der Waals surface area contributed by atoms with Crippen LogP contribution in [0, 0.1) is 0 Å². The van der Waals surface area contributed by atoms with Gasteiger partial charge in [0.2, 0.25) is 0 Å². The second-order valence-electron chi connectivity index (χ2n) is 36.5. The SMILES string of the molecule is c1ccc(-c2cc(-c3ccccc3)cc(-c3nc(-c4cc(-c5ccccc5)cc(-c5ccccc5)c4)nc(-c4ccc5c(c4)-c4ccccc4C54c5ccccc5-c5ccccc5-c5ccccc54)n3)c2)cc1.c1ccc(-c2ccc(-c3nc(-c4cc(-c5ccccc5)cc(-c5ccccc5)c4)nc(-c4ccc5c(c4)-c4ccccc4C54c5ccccc5-c5ccccc5-c5ccccc54)n3)cc2)cc1. The summed E-state index contributed by atoms with van der Waals surface area (Å²) in [6.45, 7) is 0. The van der Waals surface area contributed by atoms with Crippen LogP contribution < -0.4 is 0 Å². The van der Waals surface area contributed by atoms with Crippen LogP contribution in [0.2, 0.25) is 0 Å². The normalized spacial score (nSPS) is 12.5. The lowest BCUT2D eigenvalue weighted by Crippen LogP contribution is -2.29. The van der Waals surface area contributed by atoms with Crippen LogP contribution in [-0.4, -0.2) is 29.9 Å². The van der Waals surface area contributed by atoms with Crippen LogP contribution in [0.5, 0.6) is 0 Å². The molecule has 0 saturated heterocycles. The van der Waals surface area contributed by atoms with E-state index in [0.717, 1.165) is 111 Å². The van der Waals surface area contributed by atoms with Crippen LogP contribution in [0.3, 0.4) is 0 Å². The number of hydrogen-bond donors (Lipinski definition) is 0. The first kappa shape index (κ1) is 82.3. The van der Waals surface area contributed by atoms with E-state index >= 15 is 0 Å².